The minimum Gasteiger partial charge on any atom is -0.491 e. The molecule has 2 aromatic carbocycles. The standard InChI is InChI=1S/C18H17F6NO3/c1-2-27-16-13(11-5-3-6-12(9-11)28-18(22,23)24)7-4-8-14(16)25-10-15(26)17(19,20)21/h3-9,15,25-26H,2,10H2,1H3. The molecule has 0 heterocycles. The number of anilines is 1. The van der Waals surface area contributed by atoms with E-state index in [9.17, 15) is 26.3 Å². The zero-order valence-corrected chi connectivity index (χ0v) is 14.6. The number of halogens is 6. The molecule has 0 aliphatic carbocycles. The molecule has 0 spiro atoms. The highest BCUT2D eigenvalue weighted by Crippen LogP contribution is 2.38. The average Bonchev–Trinajstić information content (AvgIpc) is 2.58. The molecule has 1 unspecified atom stereocenters. The summed E-state index contributed by atoms with van der Waals surface area (Å²) in [4.78, 5) is 0. The zero-order chi connectivity index (χ0) is 20.9. The van der Waals surface area contributed by atoms with E-state index in [0.29, 0.717) is 11.1 Å². The molecule has 0 fully saturated rings. The molecular formula is C18H17F6NO3. The van der Waals surface area contributed by atoms with Gasteiger partial charge in [-0.3, -0.25) is 0 Å². The molecule has 0 saturated carbocycles. The van der Waals surface area contributed by atoms with Crippen LogP contribution < -0.4 is 14.8 Å². The van der Waals surface area contributed by atoms with Crippen molar-refractivity contribution in [1.29, 1.82) is 0 Å². The average molecular weight is 409 g/mol. The lowest BCUT2D eigenvalue weighted by atomic mass is 10.0. The lowest BCUT2D eigenvalue weighted by Crippen LogP contribution is -2.35. The molecule has 0 aromatic heterocycles. The van der Waals surface area contributed by atoms with Crippen molar-refractivity contribution in [3.8, 4) is 22.6 Å². The summed E-state index contributed by atoms with van der Waals surface area (Å²) < 4.78 is 84.2. The molecule has 2 aromatic rings. The maximum absolute atomic E-state index is 12.5. The van der Waals surface area contributed by atoms with E-state index in [1.54, 1.807) is 13.0 Å². The molecule has 0 saturated heterocycles. The van der Waals surface area contributed by atoms with E-state index in [0.717, 1.165) is 12.1 Å². The van der Waals surface area contributed by atoms with Crippen LogP contribution >= 0.6 is 0 Å². The number of aliphatic hydroxyl groups is 1. The fraction of sp³-hybridized carbons (Fsp3) is 0.333. The number of ether oxygens (including phenoxy) is 2. The predicted octanol–water partition coefficient (Wildman–Crippen LogP) is 4.99. The number of para-hydroxylation sites is 1. The Bertz CT molecular complexity index is 792. The highest BCUT2D eigenvalue weighted by atomic mass is 19.4. The minimum atomic E-state index is -4.86. The van der Waals surface area contributed by atoms with Gasteiger partial charge in [-0.1, -0.05) is 24.3 Å². The summed E-state index contributed by atoms with van der Waals surface area (Å²) in [6.07, 6.45) is -12.2. The second-order valence-corrected chi connectivity index (χ2v) is 5.63. The van der Waals surface area contributed by atoms with Gasteiger partial charge in [0.1, 0.15) is 11.5 Å². The Morgan fingerprint density at radius 2 is 1.71 bits per heavy atom. The minimum absolute atomic E-state index is 0.142. The highest BCUT2D eigenvalue weighted by molar-refractivity contribution is 5.79. The monoisotopic (exact) mass is 409 g/mol. The van der Waals surface area contributed by atoms with Gasteiger partial charge in [-0.25, -0.2) is 0 Å². The molecule has 0 bridgehead atoms. The molecule has 10 heteroatoms. The molecule has 2 rings (SSSR count). The summed E-state index contributed by atoms with van der Waals surface area (Å²) in [6.45, 7) is 0.991. The molecule has 28 heavy (non-hydrogen) atoms. The maximum atomic E-state index is 12.5. The Kier molecular flexibility index (Phi) is 6.65. The number of hydrogen-bond donors (Lipinski definition) is 2. The normalized spacial score (nSPS) is 13.1. The van der Waals surface area contributed by atoms with Crippen LogP contribution in [0.25, 0.3) is 11.1 Å². The SMILES string of the molecule is CCOc1c(NCC(O)C(F)(F)F)cccc1-c1cccc(OC(F)(F)F)c1. The van der Waals surface area contributed by atoms with Crippen molar-refractivity contribution in [2.24, 2.45) is 0 Å². The Morgan fingerprint density at radius 1 is 1.04 bits per heavy atom. The van der Waals surface area contributed by atoms with Crippen molar-refractivity contribution >= 4 is 5.69 Å². The van der Waals surface area contributed by atoms with Gasteiger partial charge in [0.2, 0.25) is 0 Å². The van der Waals surface area contributed by atoms with Crippen LogP contribution in [0.4, 0.5) is 32.0 Å². The van der Waals surface area contributed by atoms with E-state index < -0.39 is 30.9 Å². The van der Waals surface area contributed by atoms with E-state index in [2.05, 4.69) is 10.1 Å². The molecule has 2 N–H and O–H groups in total. The molecule has 0 radical (unpaired) electrons. The Morgan fingerprint density at radius 3 is 2.32 bits per heavy atom. The second-order valence-electron chi connectivity index (χ2n) is 5.63. The number of nitrogens with one attached hydrogen (secondary N) is 1. The van der Waals surface area contributed by atoms with E-state index >= 15 is 0 Å². The Balaban J connectivity index is 2.36. The largest absolute Gasteiger partial charge is 0.573 e. The van der Waals surface area contributed by atoms with E-state index in [1.807, 2.05) is 0 Å². The van der Waals surface area contributed by atoms with Gasteiger partial charge in [0.15, 0.2) is 6.10 Å². The summed E-state index contributed by atoms with van der Waals surface area (Å²) in [7, 11) is 0. The third kappa shape index (κ3) is 5.95. The number of benzene rings is 2. The molecular weight excluding hydrogens is 392 g/mol. The molecule has 0 aliphatic rings. The molecule has 0 amide bonds. The molecule has 4 nitrogen and oxygen atoms in total. The molecule has 1 atom stereocenters. The smallest absolute Gasteiger partial charge is 0.491 e. The maximum Gasteiger partial charge on any atom is 0.573 e. The van der Waals surface area contributed by atoms with Crippen molar-refractivity contribution in [3.63, 3.8) is 0 Å². The van der Waals surface area contributed by atoms with Crippen LogP contribution in [0.5, 0.6) is 11.5 Å². The van der Waals surface area contributed by atoms with Crippen LogP contribution in [0.15, 0.2) is 42.5 Å². The predicted molar refractivity (Wildman–Crippen MR) is 90.3 cm³/mol. The second kappa shape index (κ2) is 8.59. The van der Waals surface area contributed by atoms with Crippen molar-refractivity contribution in [2.75, 3.05) is 18.5 Å². The van der Waals surface area contributed by atoms with Crippen LogP contribution in [0, 0.1) is 0 Å². The lowest BCUT2D eigenvalue weighted by molar-refractivity contribution is -0.274. The lowest BCUT2D eigenvalue weighted by Gasteiger charge is -2.20. The Hall–Kier alpha value is -2.62. The van der Waals surface area contributed by atoms with Gasteiger partial charge < -0.3 is 19.9 Å². The fourth-order valence-electron chi connectivity index (χ4n) is 2.39. The van der Waals surface area contributed by atoms with E-state index in [4.69, 9.17) is 9.84 Å². The van der Waals surface area contributed by atoms with Gasteiger partial charge in [-0.15, -0.1) is 13.2 Å². The van der Waals surface area contributed by atoms with Crippen molar-refractivity contribution in [2.45, 2.75) is 25.6 Å². The van der Waals surface area contributed by atoms with Crippen LogP contribution in [-0.4, -0.2) is 36.9 Å². The summed E-state index contributed by atoms with van der Waals surface area (Å²) in [6, 6.07) is 9.60. The quantitative estimate of drug-likeness (QED) is 0.633. The highest BCUT2D eigenvalue weighted by Gasteiger charge is 2.38. The van der Waals surface area contributed by atoms with Crippen molar-refractivity contribution in [3.05, 3.63) is 42.5 Å². The van der Waals surface area contributed by atoms with Crippen molar-refractivity contribution < 1.29 is 40.9 Å². The van der Waals surface area contributed by atoms with Gasteiger partial charge in [-0.05, 0) is 30.7 Å². The third-order valence-electron chi connectivity index (χ3n) is 3.55. The summed E-state index contributed by atoms with van der Waals surface area (Å²) in [5, 5.41) is 11.6. The Labute approximate surface area is 156 Å². The summed E-state index contributed by atoms with van der Waals surface area (Å²) in [5.74, 6) is -0.304. The van der Waals surface area contributed by atoms with E-state index in [1.165, 1.54) is 24.3 Å². The van der Waals surface area contributed by atoms with Gasteiger partial charge >= 0.3 is 12.5 Å². The fourth-order valence-corrected chi connectivity index (χ4v) is 2.39. The van der Waals surface area contributed by atoms with Gasteiger partial charge in [0, 0.05) is 12.1 Å². The van der Waals surface area contributed by atoms with Crippen LogP contribution in [0.2, 0.25) is 0 Å². The number of rotatable bonds is 7. The van der Waals surface area contributed by atoms with Gasteiger partial charge in [0.05, 0.1) is 12.3 Å². The number of alkyl halides is 6. The van der Waals surface area contributed by atoms with E-state index in [-0.39, 0.29) is 18.0 Å². The number of hydrogen-bond acceptors (Lipinski definition) is 4. The first kappa shape index (κ1) is 21.7. The van der Waals surface area contributed by atoms with Crippen LogP contribution in [0.3, 0.4) is 0 Å². The summed E-state index contributed by atoms with van der Waals surface area (Å²) in [5.41, 5.74) is 0.816. The molecule has 0 aliphatic heterocycles. The summed E-state index contributed by atoms with van der Waals surface area (Å²) >= 11 is 0. The van der Waals surface area contributed by atoms with Crippen LogP contribution in [0.1, 0.15) is 6.92 Å². The van der Waals surface area contributed by atoms with Crippen molar-refractivity contribution in [1.82, 2.24) is 0 Å². The first-order chi connectivity index (χ1) is 13.0. The topological polar surface area (TPSA) is 50.7 Å². The third-order valence-corrected chi connectivity index (χ3v) is 3.55. The van der Waals surface area contributed by atoms with Gasteiger partial charge in [-0.2, -0.15) is 13.2 Å². The first-order valence-corrected chi connectivity index (χ1v) is 8.12. The number of aliphatic hydroxyl groups excluding tert-OH is 1. The van der Waals surface area contributed by atoms with Gasteiger partial charge in [0.25, 0.3) is 0 Å². The first-order valence-electron chi connectivity index (χ1n) is 8.12. The zero-order valence-electron chi connectivity index (χ0n) is 14.6. The molecule has 154 valence electrons. The van der Waals surface area contributed by atoms with Crippen LogP contribution in [-0.2, 0) is 0 Å².